The lowest BCUT2D eigenvalue weighted by Crippen LogP contribution is -2.30. The Hall–Kier alpha value is -2.41. The van der Waals surface area contributed by atoms with Gasteiger partial charge in [-0.25, -0.2) is 9.18 Å². The van der Waals surface area contributed by atoms with Gasteiger partial charge in [-0.05, 0) is 37.8 Å². The number of benzene rings is 1. The van der Waals surface area contributed by atoms with Gasteiger partial charge < -0.3 is 20.3 Å². The molecular formula is C19H20FN3O3. The fraction of sp³-hybridized carbons (Fsp3) is 0.474. The monoisotopic (exact) mass is 357 g/mol. The number of rotatable bonds is 3. The van der Waals surface area contributed by atoms with Crippen molar-refractivity contribution >= 4 is 22.6 Å². The summed E-state index contributed by atoms with van der Waals surface area (Å²) < 4.78 is 16.7. The van der Waals surface area contributed by atoms with E-state index in [0.29, 0.717) is 17.7 Å². The van der Waals surface area contributed by atoms with Crippen LogP contribution in [0, 0.1) is 11.2 Å². The third-order valence-electron chi connectivity index (χ3n) is 6.21. The summed E-state index contributed by atoms with van der Waals surface area (Å²) in [5.41, 5.74) is 6.47. The van der Waals surface area contributed by atoms with Crippen LogP contribution in [-0.2, 0) is 0 Å². The molecule has 5 rings (SSSR count). The van der Waals surface area contributed by atoms with Crippen LogP contribution in [0.2, 0.25) is 0 Å². The molecule has 3 fully saturated rings. The molecule has 0 amide bonds. The Balaban J connectivity index is 1.69. The number of nitrogens with zero attached hydrogens (tertiary/aromatic N) is 2. The number of hydrogen-bond acceptors (Lipinski definition) is 4. The molecule has 26 heavy (non-hydrogen) atoms. The van der Waals surface area contributed by atoms with Crippen molar-refractivity contribution in [2.45, 2.75) is 37.8 Å². The molecule has 6 nitrogen and oxygen atoms in total. The van der Waals surface area contributed by atoms with Crippen LogP contribution in [-0.4, -0.2) is 34.8 Å². The number of fused-ring (bicyclic) bond motifs is 1. The zero-order valence-electron chi connectivity index (χ0n) is 14.2. The number of anilines is 1. The molecule has 1 atom stereocenters. The van der Waals surface area contributed by atoms with Gasteiger partial charge in [0.15, 0.2) is 0 Å². The summed E-state index contributed by atoms with van der Waals surface area (Å²) in [7, 11) is 0. The Bertz CT molecular complexity index is 1010. The van der Waals surface area contributed by atoms with Gasteiger partial charge in [0.25, 0.3) is 0 Å². The zero-order chi connectivity index (χ0) is 18.2. The van der Waals surface area contributed by atoms with E-state index < -0.39 is 17.2 Å². The highest BCUT2D eigenvalue weighted by molar-refractivity contribution is 5.93. The van der Waals surface area contributed by atoms with Crippen LogP contribution in [0.15, 0.2) is 23.1 Å². The van der Waals surface area contributed by atoms with Gasteiger partial charge in [0.2, 0.25) is 5.43 Å². The quantitative estimate of drug-likeness (QED) is 0.878. The predicted molar refractivity (Wildman–Crippen MR) is 95.3 cm³/mol. The van der Waals surface area contributed by atoms with Crippen molar-refractivity contribution in [2.24, 2.45) is 11.1 Å². The number of aromatic carboxylic acids is 1. The standard InChI is InChI=1S/C19H20FN3O3/c20-13-5-11-14(6-15(13)22-8-16(21)19(9-22)3-4-19)23(10-1-2-10)7-12(17(11)24)18(25)26/h5-7,10,16H,1-4,8-9,21H2,(H,25,26)/t16-/m1/s1. The summed E-state index contributed by atoms with van der Waals surface area (Å²) in [5.74, 6) is -1.78. The highest BCUT2D eigenvalue weighted by atomic mass is 19.1. The van der Waals surface area contributed by atoms with E-state index in [1.54, 1.807) is 6.07 Å². The van der Waals surface area contributed by atoms with E-state index in [-0.39, 0.29) is 28.4 Å². The maximum absolute atomic E-state index is 14.9. The van der Waals surface area contributed by atoms with Crippen LogP contribution in [0.4, 0.5) is 10.1 Å². The summed E-state index contributed by atoms with van der Waals surface area (Å²) >= 11 is 0. The van der Waals surface area contributed by atoms with Crippen LogP contribution in [0.5, 0.6) is 0 Å². The second-order valence-corrected chi connectivity index (χ2v) is 7.99. The largest absolute Gasteiger partial charge is 0.477 e. The molecule has 1 aliphatic heterocycles. The van der Waals surface area contributed by atoms with Crippen LogP contribution in [0.3, 0.4) is 0 Å². The number of halogens is 1. The van der Waals surface area contributed by atoms with Crippen LogP contribution >= 0.6 is 0 Å². The molecule has 2 saturated carbocycles. The van der Waals surface area contributed by atoms with Crippen LogP contribution < -0.4 is 16.1 Å². The number of carboxylic acids is 1. The predicted octanol–water partition coefficient (Wildman–Crippen LogP) is 2.10. The molecule has 0 unspecified atom stereocenters. The Morgan fingerprint density at radius 1 is 1.31 bits per heavy atom. The minimum Gasteiger partial charge on any atom is -0.477 e. The lowest BCUT2D eigenvalue weighted by atomic mass is 10.0. The molecule has 0 bridgehead atoms. The van der Waals surface area contributed by atoms with Gasteiger partial charge >= 0.3 is 5.97 Å². The van der Waals surface area contributed by atoms with E-state index in [1.165, 1.54) is 12.3 Å². The number of carbonyl (C=O) groups is 1. The highest BCUT2D eigenvalue weighted by Crippen LogP contribution is 2.53. The Morgan fingerprint density at radius 3 is 2.62 bits per heavy atom. The minimum absolute atomic E-state index is 0.0395. The van der Waals surface area contributed by atoms with Crippen molar-refractivity contribution in [3.63, 3.8) is 0 Å². The summed E-state index contributed by atoms with van der Waals surface area (Å²) in [6.07, 6.45) is 5.43. The Kier molecular flexibility index (Phi) is 3.08. The van der Waals surface area contributed by atoms with E-state index in [2.05, 4.69) is 0 Å². The molecule has 1 saturated heterocycles. The van der Waals surface area contributed by atoms with Gasteiger partial charge in [0, 0.05) is 42.2 Å². The van der Waals surface area contributed by atoms with Crippen molar-refractivity contribution in [1.29, 1.82) is 0 Å². The topological polar surface area (TPSA) is 88.6 Å². The van der Waals surface area contributed by atoms with Gasteiger partial charge in [-0.15, -0.1) is 0 Å². The van der Waals surface area contributed by atoms with Crippen molar-refractivity contribution in [2.75, 3.05) is 18.0 Å². The molecule has 2 aliphatic carbocycles. The zero-order valence-corrected chi connectivity index (χ0v) is 14.2. The van der Waals surface area contributed by atoms with Gasteiger partial charge in [-0.3, -0.25) is 4.79 Å². The summed E-state index contributed by atoms with van der Waals surface area (Å²) in [4.78, 5) is 25.9. The normalized spacial score (nSPS) is 23.8. The lowest BCUT2D eigenvalue weighted by molar-refractivity contribution is 0.0695. The number of pyridine rings is 1. The van der Waals surface area contributed by atoms with Gasteiger partial charge in [0.05, 0.1) is 11.2 Å². The molecule has 1 spiro atoms. The summed E-state index contributed by atoms with van der Waals surface area (Å²) in [6.45, 7) is 1.33. The fourth-order valence-electron chi connectivity index (χ4n) is 4.27. The molecule has 2 heterocycles. The van der Waals surface area contributed by atoms with E-state index >= 15 is 0 Å². The molecule has 1 aromatic carbocycles. The highest BCUT2D eigenvalue weighted by Gasteiger charge is 2.53. The van der Waals surface area contributed by atoms with Crippen molar-refractivity contribution in [3.8, 4) is 0 Å². The summed E-state index contributed by atoms with van der Waals surface area (Å²) in [6, 6.07) is 3.11. The SMILES string of the molecule is N[C@@H]1CN(c2cc3c(cc2F)c(=O)c(C(=O)O)cn3C2CC2)CC12CC2. The molecule has 136 valence electrons. The second kappa shape index (κ2) is 5.07. The lowest BCUT2D eigenvalue weighted by Gasteiger charge is -2.21. The van der Waals surface area contributed by atoms with Crippen LogP contribution in [0.1, 0.15) is 42.1 Å². The molecule has 2 aromatic rings. The van der Waals surface area contributed by atoms with E-state index in [0.717, 1.165) is 32.2 Å². The molecule has 3 aliphatic rings. The number of hydrogen-bond donors (Lipinski definition) is 2. The maximum atomic E-state index is 14.9. The number of aromatic nitrogens is 1. The molecule has 0 radical (unpaired) electrons. The van der Waals surface area contributed by atoms with E-state index in [1.807, 2.05) is 9.47 Å². The fourth-order valence-corrected chi connectivity index (χ4v) is 4.27. The van der Waals surface area contributed by atoms with E-state index in [9.17, 15) is 19.1 Å². The van der Waals surface area contributed by atoms with Crippen molar-refractivity contribution in [1.82, 2.24) is 4.57 Å². The average Bonchev–Trinajstić information content (AvgIpc) is 3.48. The second-order valence-electron chi connectivity index (χ2n) is 7.99. The molecule has 3 N–H and O–H groups in total. The molecule has 7 heteroatoms. The first-order valence-corrected chi connectivity index (χ1v) is 9.02. The maximum Gasteiger partial charge on any atom is 0.341 e. The summed E-state index contributed by atoms with van der Waals surface area (Å²) in [5, 5.41) is 9.44. The number of carboxylic acid groups (broad SMARTS) is 1. The van der Waals surface area contributed by atoms with Crippen molar-refractivity contribution < 1.29 is 14.3 Å². The van der Waals surface area contributed by atoms with Crippen LogP contribution in [0.25, 0.3) is 10.9 Å². The Labute approximate surface area is 149 Å². The smallest absolute Gasteiger partial charge is 0.341 e. The van der Waals surface area contributed by atoms with E-state index in [4.69, 9.17) is 5.73 Å². The Morgan fingerprint density at radius 2 is 2.04 bits per heavy atom. The average molecular weight is 357 g/mol. The first kappa shape index (κ1) is 15.8. The third-order valence-corrected chi connectivity index (χ3v) is 6.21. The molecular weight excluding hydrogens is 337 g/mol. The number of nitrogens with two attached hydrogens (primary N) is 1. The van der Waals surface area contributed by atoms with Gasteiger partial charge in [0.1, 0.15) is 11.4 Å². The first-order valence-electron chi connectivity index (χ1n) is 9.02. The van der Waals surface area contributed by atoms with Gasteiger partial charge in [-0.1, -0.05) is 0 Å². The van der Waals surface area contributed by atoms with Crippen molar-refractivity contribution in [3.05, 3.63) is 39.9 Å². The molecule has 1 aromatic heterocycles. The first-order chi connectivity index (χ1) is 12.4. The van der Waals surface area contributed by atoms with Gasteiger partial charge in [-0.2, -0.15) is 0 Å². The minimum atomic E-state index is -1.28. The third kappa shape index (κ3) is 2.19.